The molecule has 5 nitrogen and oxygen atoms in total. The smallest absolute Gasteiger partial charge is 0.274 e. The Morgan fingerprint density at radius 1 is 1.08 bits per heavy atom. The lowest BCUT2D eigenvalue weighted by Crippen LogP contribution is -2.33. The average Bonchev–Trinajstić information content (AvgIpc) is 2.98. The lowest BCUT2D eigenvalue weighted by atomic mass is 10.1. The van der Waals surface area contributed by atoms with Crippen molar-refractivity contribution in [2.45, 2.75) is 26.8 Å². The summed E-state index contributed by atoms with van der Waals surface area (Å²) in [6.45, 7) is 4.89. The van der Waals surface area contributed by atoms with E-state index in [0.717, 1.165) is 23.5 Å². The van der Waals surface area contributed by atoms with Crippen LogP contribution in [0.5, 0.6) is 0 Å². The van der Waals surface area contributed by atoms with Gasteiger partial charge in [0, 0.05) is 31.2 Å². The van der Waals surface area contributed by atoms with E-state index >= 15 is 0 Å². The van der Waals surface area contributed by atoms with E-state index in [1.165, 1.54) is 5.56 Å². The monoisotopic (exact) mass is 334 g/mol. The van der Waals surface area contributed by atoms with Crippen molar-refractivity contribution in [3.8, 4) is 0 Å². The third-order valence-electron chi connectivity index (χ3n) is 4.10. The second-order valence-corrected chi connectivity index (χ2v) is 6.12. The number of carbonyl (C=O) groups excluding carboxylic acids is 1. The summed E-state index contributed by atoms with van der Waals surface area (Å²) < 4.78 is 0. The number of hydrogen-bond donors (Lipinski definition) is 1. The number of H-pyrrole nitrogens is 1. The second-order valence-electron chi connectivity index (χ2n) is 6.12. The molecule has 5 heteroatoms. The maximum absolute atomic E-state index is 13.0. The first-order valence-corrected chi connectivity index (χ1v) is 8.39. The van der Waals surface area contributed by atoms with Crippen molar-refractivity contribution in [3.05, 3.63) is 83.2 Å². The van der Waals surface area contributed by atoms with E-state index in [1.807, 2.05) is 49.1 Å². The third-order valence-corrected chi connectivity index (χ3v) is 4.10. The summed E-state index contributed by atoms with van der Waals surface area (Å²) in [5.41, 5.74) is 3.52. The minimum Gasteiger partial charge on any atom is -0.346 e. The van der Waals surface area contributed by atoms with Crippen LogP contribution in [0, 0.1) is 13.8 Å². The van der Waals surface area contributed by atoms with Gasteiger partial charge in [0.1, 0.15) is 11.5 Å². The lowest BCUT2D eigenvalue weighted by Gasteiger charge is -2.22. The fraction of sp³-hybridized carbons (Fsp3) is 0.250. The predicted octanol–water partition coefficient (Wildman–Crippen LogP) is 3.31. The number of aryl methyl sites for hydroxylation is 2. The first kappa shape index (κ1) is 16.9. The Morgan fingerprint density at radius 3 is 2.48 bits per heavy atom. The van der Waals surface area contributed by atoms with E-state index in [0.29, 0.717) is 18.8 Å². The highest BCUT2D eigenvalue weighted by atomic mass is 16.2. The molecular weight excluding hydrogens is 312 g/mol. The Bertz CT molecular complexity index is 827. The van der Waals surface area contributed by atoms with Gasteiger partial charge >= 0.3 is 0 Å². The zero-order valence-electron chi connectivity index (χ0n) is 14.6. The number of nitrogens with zero attached hydrogens (tertiary/aromatic N) is 3. The largest absolute Gasteiger partial charge is 0.346 e. The van der Waals surface area contributed by atoms with Crippen molar-refractivity contribution in [3.63, 3.8) is 0 Å². The van der Waals surface area contributed by atoms with Gasteiger partial charge in [-0.05, 0) is 37.5 Å². The van der Waals surface area contributed by atoms with E-state index in [2.05, 4.69) is 27.1 Å². The molecule has 0 radical (unpaired) electrons. The minimum absolute atomic E-state index is 0.0540. The van der Waals surface area contributed by atoms with E-state index in [9.17, 15) is 4.79 Å². The number of nitrogens with one attached hydrogen (secondary N) is 1. The normalized spacial score (nSPS) is 10.6. The molecule has 0 aliphatic heterocycles. The second kappa shape index (κ2) is 7.75. The molecule has 0 saturated heterocycles. The number of aromatic amines is 1. The number of pyridine rings is 1. The van der Waals surface area contributed by atoms with Crippen LogP contribution in [0.2, 0.25) is 0 Å². The summed E-state index contributed by atoms with van der Waals surface area (Å²) in [5, 5.41) is 0. The van der Waals surface area contributed by atoms with Crippen molar-refractivity contribution in [1.29, 1.82) is 0 Å². The maximum Gasteiger partial charge on any atom is 0.274 e. The highest BCUT2D eigenvalue weighted by molar-refractivity contribution is 5.93. The Morgan fingerprint density at radius 2 is 1.84 bits per heavy atom. The topological polar surface area (TPSA) is 61.9 Å². The zero-order valence-corrected chi connectivity index (χ0v) is 14.6. The molecule has 1 aromatic carbocycles. The summed E-state index contributed by atoms with van der Waals surface area (Å²) >= 11 is 0. The molecule has 3 rings (SSSR count). The maximum atomic E-state index is 13.0. The van der Waals surface area contributed by atoms with Gasteiger partial charge in [-0.3, -0.25) is 9.78 Å². The molecule has 2 aromatic heterocycles. The molecule has 0 bridgehead atoms. The summed E-state index contributed by atoms with van der Waals surface area (Å²) in [5.74, 6) is 0.701. The Balaban J connectivity index is 1.80. The van der Waals surface area contributed by atoms with Gasteiger partial charge in [0.15, 0.2) is 0 Å². The van der Waals surface area contributed by atoms with Gasteiger partial charge < -0.3 is 9.88 Å². The standard InChI is InChI=1S/C20H22N4O/c1-15-19(23-16(2)22-15)20(25)24(14-18-9-6-11-21-13-18)12-10-17-7-4-3-5-8-17/h3-9,11,13H,10,12,14H2,1-2H3,(H,22,23). The van der Waals surface area contributed by atoms with Crippen LogP contribution >= 0.6 is 0 Å². The van der Waals surface area contributed by atoms with Crippen LogP contribution < -0.4 is 0 Å². The molecule has 0 atom stereocenters. The molecule has 0 unspecified atom stereocenters. The zero-order chi connectivity index (χ0) is 17.6. The van der Waals surface area contributed by atoms with Gasteiger partial charge in [0.05, 0.1) is 0 Å². The first-order valence-electron chi connectivity index (χ1n) is 8.39. The van der Waals surface area contributed by atoms with E-state index in [4.69, 9.17) is 0 Å². The summed E-state index contributed by atoms with van der Waals surface area (Å²) in [6.07, 6.45) is 4.33. The van der Waals surface area contributed by atoms with Crippen LogP contribution in [0.4, 0.5) is 0 Å². The molecule has 0 saturated carbocycles. The van der Waals surface area contributed by atoms with Gasteiger partial charge in [-0.1, -0.05) is 36.4 Å². The molecule has 2 heterocycles. The number of carbonyl (C=O) groups is 1. The van der Waals surface area contributed by atoms with E-state index in [-0.39, 0.29) is 5.91 Å². The molecule has 128 valence electrons. The molecule has 1 N–H and O–H groups in total. The van der Waals surface area contributed by atoms with Gasteiger partial charge in [-0.15, -0.1) is 0 Å². The Hall–Kier alpha value is -2.95. The summed E-state index contributed by atoms with van der Waals surface area (Å²) in [4.78, 5) is 26.5. The fourth-order valence-corrected chi connectivity index (χ4v) is 2.84. The predicted molar refractivity (Wildman–Crippen MR) is 97.2 cm³/mol. The van der Waals surface area contributed by atoms with E-state index in [1.54, 1.807) is 12.4 Å². The van der Waals surface area contributed by atoms with Crippen molar-refractivity contribution in [2.24, 2.45) is 0 Å². The van der Waals surface area contributed by atoms with Gasteiger partial charge in [-0.25, -0.2) is 4.98 Å². The molecule has 0 aliphatic carbocycles. The fourth-order valence-electron chi connectivity index (χ4n) is 2.84. The van der Waals surface area contributed by atoms with Crippen LogP contribution in [0.1, 0.15) is 33.1 Å². The van der Waals surface area contributed by atoms with Gasteiger partial charge in [0.2, 0.25) is 0 Å². The van der Waals surface area contributed by atoms with Crippen molar-refractivity contribution >= 4 is 5.91 Å². The minimum atomic E-state index is -0.0540. The quantitative estimate of drug-likeness (QED) is 0.752. The van der Waals surface area contributed by atoms with Crippen molar-refractivity contribution < 1.29 is 4.79 Å². The Labute approximate surface area is 147 Å². The summed E-state index contributed by atoms with van der Waals surface area (Å²) in [7, 11) is 0. The molecule has 0 spiro atoms. The molecular formula is C20H22N4O. The van der Waals surface area contributed by atoms with E-state index < -0.39 is 0 Å². The number of aromatic nitrogens is 3. The van der Waals surface area contributed by atoms with Crippen LogP contribution in [-0.4, -0.2) is 32.3 Å². The lowest BCUT2D eigenvalue weighted by molar-refractivity contribution is 0.0738. The number of amides is 1. The summed E-state index contributed by atoms with van der Waals surface area (Å²) in [6, 6.07) is 14.1. The van der Waals surface area contributed by atoms with Crippen LogP contribution in [0.3, 0.4) is 0 Å². The van der Waals surface area contributed by atoms with Crippen LogP contribution in [0.25, 0.3) is 0 Å². The number of benzene rings is 1. The molecule has 0 fully saturated rings. The Kier molecular flexibility index (Phi) is 5.23. The molecule has 25 heavy (non-hydrogen) atoms. The third kappa shape index (κ3) is 4.32. The number of hydrogen-bond acceptors (Lipinski definition) is 3. The highest BCUT2D eigenvalue weighted by Gasteiger charge is 2.21. The van der Waals surface area contributed by atoms with Crippen molar-refractivity contribution in [1.82, 2.24) is 19.9 Å². The number of rotatable bonds is 6. The first-order chi connectivity index (χ1) is 12.1. The average molecular weight is 334 g/mol. The molecule has 3 aromatic rings. The number of imidazole rings is 1. The highest BCUT2D eigenvalue weighted by Crippen LogP contribution is 2.13. The van der Waals surface area contributed by atoms with Crippen LogP contribution in [-0.2, 0) is 13.0 Å². The van der Waals surface area contributed by atoms with Crippen molar-refractivity contribution in [2.75, 3.05) is 6.54 Å². The SMILES string of the molecule is Cc1nc(C(=O)N(CCc2ccccc2)Cc2cccnc2)c(C)[nH]1. The molecule has 1 amide bonds. The van der Waals surface area contributed by atoms with Crippen LogP contribution in [0.15, 0.2) is 54.9 Å². The van der Waals surface area contributed by atoms with Gasteiger partial charge in [-0.2, -0.15) is 0 Å². The molecule has 0 aliphatic rings. The van der Waals surface area contributed by atoms with Gasteiger partial charge in [0.25, 0.3) is 5.91 Å².